The van der Waals surface area contributed by atoms with Crippen molar-refractivity contribution in [3.05, 3.63) is 0 Å². The van der Waals surface area contributed by atoms with Gasteiger partial charge in [-0.1, -0.05) is 13.8 Å². The van der Waals surface area contributed by atoms with Crippen LogP contribution in [0.4, 0.5) is 0 Å². The van der Waals surface area contributed by atoms with Crippen molar-refractivity contribution in [1.82, 2.24) is 0 Å². The number of carbonyl (C=O) groups is 2. The van der Waals surface area contributed by atoms with Crippen LogP contribution in [0.25, 0.3) is 0 Å². The SMILES string of the molecule is C[C@]12CCC(=O)C[C@H]1C(=O)C[C@@H]1[C@@H]2CC[C@@]2(C)[C@H]1CC[C@@]2(C)O. The first kappa shape index (κ1) is 15.8. The number of carbonyl (C=O) groups excluding carboxylic acids is 2. The predicted molar refractivity (Wildman–Crippen MR) is 87.7 cm³/mol. The Labute approximate surface area is 139 Å². The fraction of sp³-hybridized carbons (Fsp3) is 0.900. The number of hydrogen-bond donors (Lipinski definition) is 1. The van der Waals surface area contributed by atoms with E-state index in [1.165, 1.54) is 0 Å². The van der Waals surface area contributed by atoms with Crippen LogP contribution in [-0.2, 0) is 9.59 Å². The van der Waals surface area contributed by atoms with E-state index in [4.69, 9.17) is 0 Å². The average molecular weight is 318 g/mol. The minimum absolute atomic E-state index is 0.0175. The van der Waals surface area contributed by atoms with Crippen LogP contribution in [0.2, 0.25) is 0 Å². The van der Waals surface area contributed by atoms with E-state index in [1.54, 1.807) is 0 Å². The van der Waals surface area contributed by atoms with Crippen LogP contribution in [0, 0.1) is 34.5 Å². The third-order valence-corrected chi connectivity index (χ3v) is 8.84. The van der Waals surface area contributed by atoms with Gasteiger partial charge in [0.25, 0.3) is 0 Å². The molecule has 0 heterocycles. The molecule has 4 aliphatic carbocycles. The molecule has 4 saturated carbocycles. The summed E-state index contributed by atoms with van der Waals surface area (Å²) >= 11 is 0. The number of rotatable bonds is 0. The molecule has 0 amide bonds. The molecule has 0 radical (unpaired) electrons. The fourth-order valence-electron chi connectivity index (χ4n) is 7.08. The second-order valence-corrected chi connectivity index (χ2v) is 9.62. The van der Waals surface area contributed by atoms with Crippen LogP contribution in [0.3, 0.4) is 0 Å². The Balaban J connectivity index is 1.70. The first-order valence-corrected chi connectivity index (χ1v) is 9.46. The highest BCUT2D eigenvalue weighted by Gasteiger charge is 2.64. The van der Waals surface area contributed by atoms with Gasteiger partial charge in [0.15, 0.2) is 0 Å². The van der Waals surface area contributed by atoms with Gasteiger partial charge in [-0.3, -0.25) is 9.59 Å². The summed E-state index contributed by atoms with van der Waals surface area (Å²) < 4.78 is 0. The molecule has 1 N–H and O–H groups in total. The van der Waals surface area contributed by atoms with Gasteiger partial charge < -0.3 is 5.11 Å². The van der Waals surface area contributed by atoms with Crippen molar-refractivity contribution in [3.63, 3.8) is 0 Å². The van der Waals surface area contributed by atoms with Crippen molar-refractivity contribution in [3.8, 4) is 0 Å². The Morgan fingerprint density at radius 1 is 0.957 bits per heavy atom. The molecular weight excluding hydrogens is 288 g/mol. The minimum atomic E-state index is -0.591. The lowest BCUT2D eigenvalue weighted by molar-refractivity contribution is -0.166. The van der Waals surface area contributed by atoms with E-state index < -0.39 is 5.60 Å². The minimum Gasteiger partial charge on any atom is -0.390 e. The van der Waals surface area contributed by atoms with E-state index in [-0.39, 0.29) is 22.5 Å². The quantitative estimate of drug-likeness (QED) is 0.743. The van der Waals surface area contributed by atoms with Crippen LogP contribution < -0.4 is 0 Å². The lowest BCUT2D eigenvalue weighted by atomic mass is 9.44. The van der Waals surface area contributed by atoms with Gasteiger partial charge in [-0.2, -0.15) is 0 Å². The summed E-state index contributed by atoms with van der Waals surface area (Å²) in [4.78, 5) is 24.8. The zero-order valence-corrected chi connectivity index (χ0v) is 14.7. The van der Waals surface area contributed by atoms with Crippen molar-refractivity contribution in [2.45, 2.75) is 77.7 Å². The lowest BCUT2D eigenvalue weighted by Gasteiger charge is -2.60. The molecule has 4 rings (SSSR count). The Hall–Kier alpha value is -0.700. The largest absolute Gasteiger partial charge is 0.390 e. The molecule has 0 aliphatic heterocycles. The van der Waals surface area contributed by atoms with E-state index in [0.29, 0.717) is 42.8 Å². The first-order valence-electron chi connectivity index (χ1n) is 9.46. The summed E-state index contributed by atoms with van der Waals surface area (Å²) in [7, 11) is 0. The molecule has 0 aromatic heterocycles. The summed E-state index contributed by atoms with van der Waals surface area (Å²) in [6.07, 6.45) is 6.78. The molecule has 3 heteroatoms. The van der Waals surface area contributed by atoms with Crippen molar-refractivity contribution >= 4 is 11.6 Å². The Morgan fingerprint density at radius 3 is 2.39 bits per heavy atom. The third kappa shape index (κ3) is 1.92. The molecular formula is C20H30O3. The number of fused-ring (bicyclic) bond motifs is 5. The fourth-order valence-corrected chi connectivity index (χ4v) is 7.08. The number of hydrogen-bond acceptors (Lipinski definition) is 3. The average Bonchev–Trinajstić information content (AvgIpc) is 2.72. The standard InChI is InChI=1S/C20H30O3/c1-18-7-4-12(21)10-16(18)17(22)11-13-14(18)5-8-19(2)15(13)6-9-20(19,3)23/h13-16,23H,4-11H2,1-3H3/t13-,14+,15+,16+,18-,19+,20-/m1/s1. The summed E-state index contributed by atoms with van der Waals surface area (Å²) in [5.41, 5.74) is -0.613. The molecule has 0 bridgehead atoms. The zero-order chi connectivity index (χ0) is 16.6. The van der Waals surface area contributed by atoms with E-state index in [0.717, 1.165) is 32.1 Å². The summed E-state index contributed by atoms with van der Waals surface area (Å²) in [6, 6.07) is 0. The first-order chi connectivity index (χ1) is 10.7. The second kappa shape index (κ2) is 4.68. The maximum Gasteiger partial charge on any atom is 0.137 e. The van der Waals surface area contributed by atoms with Gasteiger partial charge in [0.2, 0.25) is 0 Å². The van der Waals surface area contributed by atoms with Crippen LogP contribution in [0.5, 0.6) is 0 Å². The van der Waals surface area contributed by atoms with Gasteiger partial charge in [-0.25, -0.2) is 0 Å². The van der Waals surface area contributed by atoms with Gasteiger partial charge in [0.1, 0.15) is 11.6 Å². The molecule has 4 aliphatic rings. The molecule has 23 heavy (non-hydrogen) atoms. The Bertz CT molecular complexity index is 565. The molecule has 4 fully saturated rings. The predicted octanol–water partition coefficient (Wildman–Crippen LogP) is 3.53. The lowest BCUT2D eigenvalue weighted by Crippen LogP contribution is -2.58. The number of aliphatic hydroxyl groups is 1. The van der Waals surface area contributed by atoms with Gasteiger partial charge in [-0.15, -0.1) is 0 Å². The van der Waals surface area contributed by atoms with Gasteiger partial charge in [0, 0.05) is 25.2 Å². The summed E-state index contributed by atoms with van der Waals surface area (Å²) in [5, 5.41) is 10.9. The highest BCUT2D eigenvalue weighted by molar-refractivity contribution is 5.90. The van der Waals surface area contributed by atoms with Gasteiger partial charge in [0.05, 0.1) is 5.60 Å². The zero-order valence-electron chi connectivity index (χ0n) is 14.7. The van der Waals surface area contributed by atoms with Crippen molar-refractivity contribution in [1.29, 1.82) is 0 Å². The highest BCUT2D eigenvalue weighted by atomic mass is 16.3. The second-order valence-electron chi connectivity index (χ2n) is 9.62. The molecule has 7 atom stereocenters. The van der Waals surface area contributed by atoms with E-state index in [2.05, 4.69) is 13.8 Å². The van der Waals surface area contributed by atoms with Crippen LogP contribution in [0.15, 0.2) is 0 Å². The molecule has 0 spiro atoms. The van der Waals surface area contributed by atoms with Crippen molar-refractivity contribution < 1.29 is 14.7 Å². The van der Waals surface area contributed by atoms with Crippen LogP contribution in [-0.4, -0.2) is 22.3 Å². The summed E-state index contributed by atoms with van der Waals surface area (Å²) in [5.74, 6) is 2.03. The smallest absolute Gasteiger partial charge is 0.137 e. The van der Waals surface area contributed by atoms with Crippen LogP contribution in [0.1, 0.15) is 72.1 Å². The van der Waals surface area contributed by atoms with E-state index in [1.807, 2.05) is 6.92 Å². The molecule has 0 unspecified atom stereocenters. The van der Waals surface area contributed by atoms with Gasteiger partial charge >= 0.3 is 0 Å². The van der Waals surface area contributed by atoms with Crippen molar-refractivity contribution in [2.75, 3.05) is 0 Å². The topological polar surface area (TPSA) is 54.4 Å². The molecule has 128 valence electrons. The third-order valence-electron chi connectivity index (χ3n) is 8.84. The maximum atomic E-state index is 12.9. The van der Waals surface area contributed by atoms with Crippen molar-refractivity contribution in [2.24, 2.45) is 34.5 Å². The normalized spacial score (nSPS) is 56.0. The van der Waals surface area contributed by atoms with E-state index in [9.17, 15) is 14.7 Å². The highest BCUT2D eigenvalue weighted by Crippen LogP contribution is 2.67. The van der Waals surface area contributed by atoms with Gasteiger partial charge in [-0.05, 0) is 67.6 Å². The summed E-state index contributed by atoms with van der Waals surface area (Å²) in [6.45, 7) is 6.54. The molecule has 3 nitrogen and oxygen atoms in total. The number of Topliss-reactive ketones (excluding diaryl/α,β-unsaturated/α-hetero) is 2. The molecule has 0 aromatic carbocycles. The van der Waals surface area contributed by atoms with Crippen LogP contribution >= 0.6 is 0 Å². The van der Waals surface area contributed by atoms with E-state index >= 15 is 0 Å². The Morgan fingerprint density at radius 2 is 1.65 bits per heavy atom. The monoisotopic (exact) mass is 318 g/mol. The Kier molecular flexibility index (Phi) is 3.22. The molecule has 0 saturated heterocycles. The number of ketones is 2. The molecule has 0 aromatic rings. The maximum absolute atomic E-state index is 12.9.